The second kappa shape index (κ2) is 8.15. The molecule has 112 valence electrons. The monoisotopic (exact) mass is 307 g/mol. The molecule has 0 N–H and O–H groups in total. The first-order chi connectivity index (χ1) is 9.45. The van der Waals surface area contributed by atoms with Gasteiger partial charge >= 0.3 is 6.30 Å². The number of benzene rings is 1. The van der Waals surface area contributed by atoms with Crippen LogP contribution >= 0.6 is 11.6 Å². The van der Waals surface area contributed by atoms with Gasteiger partial charge in [-0.15, -0.1) is 24.8 Å². The van der Waals surface area contributed by atoms with E-state index in [1.54, 1.807) is 30.3 Å². The van der Waals surface area contributed by atoms with Crippen LogP contribution in [-0.2, 0) is 11.2 Å². The molecule has 1 amide bonds. The molecule has 0 fully saturated rings. The lowest BCUT2D eigenvalue weighted by molar-refractivity contribution is -0.240. The van der Waals surface area contributed by atoms with Crippen molar-refractivity contribution in [2.24, 2.45) is 0 Å². The fourth-order valence-electron chi connectivity index (χ4n) is 1.78. The Kier molecular flexibility index (Phi) is 6.85. The maximum atomic E-state index is 12.9. The molecular formula is C14H17ClF3NO. The highest BCUT2D eigenvalue weighted by molar-refractivity contribution is 6.17. The molecule has 0 unspecified atom stereocenters. The van der Waals surface area contributed by atoms with Gasteiger partial charge in [0.05, 0.1) is 0 Å². The van der Waals surface area contributed by atoms with Crippen molar-refractivity contribution in [1.82, 2.24) is 4.90 Å². The Balaban J connectivity index is 2.58. The van der Waals surface area contributed by atoms with Crippen molar-refractivity contribution in [3.05, 3.63) is 35.9 Å². The van der Waals surface area contributed by atoms with Crippen LogP contribution < -0.4 is 0 Å². The van der Waals surface area contributed by atoms with Crippen molar-refractivity contribution in [2.75, 3.05) is 12.4 Å². The zero-order valence-electron chi connectivity index (χ0n) is 11.0. The summed E-state index contributed by atoms with van der Waals surface area (Å²) in [5, 5.41) is 0. The van der Waals surface area contributed by atoms with E-state index in [1.165, 1.54) is 0 Å². The Labute approximate surface area is 121 Å². The van der Waals surface area contributed by atoms with Crippen LogP contribution in [0.15, 0.2) is 30.3 Å². The van der Waals surface area contributed by atoms with Crippen LogP contribution in [0, 0.1) is 0 Å². The molecule has 0 aromatic heterocycles. The topological polar surface area (TPSA) is 20.3 Å². The minimum Gasteiger partial charge on any atom is -0.275 e. The molecule has 0 radical (unpaired) electrons. The van der Waals surface area contributed by atoms with Crippen LogP contribution in [0.2, 0.25) is 0 Å². The van der Waals surface area contributed by atoms with E-state index in [1.807, 2.05) is 0 Å². The smallest absolute Gasteiger partial charge is 0.275 e. The number of carbonyl (C=O) groups excluding carboxylic acids is 1. The molecule has 0 spiro atoms. The van der Waals surface area contributed by atoms with Crippen LogP contribution in [-0.4, -0.2) is 29.5 Å². The van der Waals surface area contributed by atoms with Gasteiger partial charge in [0.25, 0.3) is 0 Å². The van der Waals surface area contributed by atoms with Crippen molar-refractivity contribution >= 4 is 17.5 Å². The van der Waals surface area contributed by atoms with Crippen LogP contribution in [0.3, 0.4) is 0 Å². The molecule has 2 nitrogen and oxygen atoms in total. The van der Waals surface area contributed by atoms with Crippen LogP contribution in [0.5, 0.6) is 0 Å². The average molecular weight is 308 g/mol. The maximum absolute atomic E-state index is 12.9. The van der Waals surface area contributed by atoms with Crippen molar-refractivity contribution < 1.29 is 18.0 Å². The fourth-order valence-corrected chi connectivity index (χ4v) is 1.97. The van der Waals surface area contributed by atoms with E-state index in [4.69, 9.17) is 11.6 Å². The molecule has 0 aliphatic rings. The predicted octanol–water partition coefficient (Wildman–Crippen LogP) is 3.99. The van der Waals surface area contributed by atoms with Crippen molar-refractivity contribution in [2.45, 2.75) is 32.0 Å². The van der Waals surface area contributed by atoms with Crippen molar-refractivity contribution in [3.8, 4) is 0 Å². The largest absolute Gasteiger partial charge is 0.487 e. The summed E-state index contributed by atoms with van der Waals surface area (Å²) in [6.07, 6.45) is -3.66. The van der Waals surface area contributed by atoms with Gasteiger partial charge in [-0.2, -0.15) is 0 Å². The summed E-state index contributed by atoms with van der Waals surface area (Å²) in [5.41, 5.74) is 0.773. The van der Waals surface area contributed by atoms with Gasteiger partial charge in [-0.1, -0.05) is 30.3 Å². The highest BCUT2D eigenvalue weighted by atomic mass is 35.5. The number of nitrogens with zero attached hydrogens (tertiary/aromatic N) is 1. The van der Waals surface area contributed by atoms with E-state index >= 15 is 0 Å². The quantitative estimate of drug-likeness (QED) is 0.424. The third-order valence-electron chi connectivity index (χ3n) is 2.85. The molecule has 0 aliphatic carbocycles. The Bertz CT molecular complexity index is 409. The Morgan fingerprint density at radius 3 is 2.35 bits per heavy atom. The second-order valence-corrected chi connectivity index (χ2v) is 4.77. The van der Waals surface area contributed by atoms with E-state index in [0.717, 1.165) is 5.56 Å². The highest BCUT2D eigenvalue weighted by Crippen LogP contribution is 2.23. The van der Waals surface area contributed by atoms with E-state index < -0.39 is 12.2 Å². The van der Waals surface area contributed by atoms with Crippen LogP contribution in [0.1, 0.15) is 24.8 Å². The van der Waals surface area contributed by atoms with Crippen LogP contribution in [0.4, 0.5) is 13.2 Å². The maximum Gasteiger partial charge on any atom is 0.487 e. The number of amides is 1. The number of alkyl halides is 4. The molecular weight excluding hydrogens is 291 g/mol. The molecule has 1 aromatic carbocycles. The molecule has 20 heavy (non-hydrogen) atoms. The summed E-state index contributed by atoms with van der Waals surface area (Å²) in [6.45, 7) is -0.354. The first-order valence-electron chi connectivity index (χ1n) is 6.42. The number of unbranched alkanes of at least 4 members (excludes halogenated alkanes) is 1. The van der Waals surface area contributed by atoms with Gasteiger partial charge in [0, 0.05) is 18.8 Å². The molecule has 0 saturated carbocycles. The van der Waals surface area contributed by atoms with Gasteiger partial charge in [-0.05, 0) is 24.8 Å². The predicted molar refractivity (Wildman–Crippen MR) is 72.5 cm³/mol. The highest BCUT2D eigenvalue weighted by Gasteiger charge is 2.39. The van der Waals surface area contributed by atoms with E-state index in [2.05, 4.69) is 0 Å². The third-order valence-corrected chi connectivity index (χ3v) is 3.12. The number of carbonyl (C=O) groups is 1. The molecule has 0 bridgehead atoms. The van der Waals surface area contributed by atoms with Crippen LogP contribution in [0.25, 0.3) is 0 Å². The first kappa shape index (κ1) is 16.8. The zero-order valence-corrected chi connectivity index (χ0v) is 11.8. The Hall–Kier alpha value is -1.23. The summed E-state index contributed by atoms with van der Waals surface area (Å²) in [5.74, 6) is -0.540. The Morgan fingerprint density at radius 1 is 1.15 bits per heavy atom. The molecule has 0 atom stereocenters. The number of halogens is 4. The van der Waals surface area contributed by atoms with Gasteiger partial charge < -0.3 is 0 Å². The van der Waals surface area contributed by atoms with Crippen molar-refractivity contribution in [1.29, 1.82) is 0 Å². The number of hydrogen-bond acceptors (Lipinski definition) is 1. The SMILES string of the molecule is O=C(CCCCCl)N(CCc1ccccc1)C(F)(F)F. The zero-order chi connectivity index (χ0) is 15.0. The first-order valence-corrected chi connectivity index (χ1v) is 6.95. The van der Waals surface area contributed by atoms with Gasteiger partial charge in [0.1, 0.15) is 0 Å². The van der Waals surface area contributed by atoms with Gasteiger partial charge in [0.2, 0.25) is 5.91 Å². The lowest BCUT2D eigenvalue weighted by atomic mass is 10.1. The molecule has 6 heteroatoms. The van der Waals surface area contributed by atoms with Gasteiger partial charge in [-0.25, -0.2) is 0 Å². The number of hydrogen-bond donors (Lipinski definition) is 0. The molecule has 0 heterocycles. The fraction of sp³-hybridized carbons (Fsp3) is 0.500. The second-order valence-electron chi connectivity index (χ2n) is 4.39. The lowest BCUT2D eigenvalue weighted by Gasteiger charge is -2.25. The van der Waals surface area contributed by atoms with E-state index in [9.17, 15) is 18.0 Å². The summed E-state index contributed by atoms with van der Waals surface area (Å²) in [4.78, 5) is 11.6. The molecule has 0 aliphatic heterocycles. The summed E-state index contributed by atoms with van der Waals surface area (Å²) >= 11 is 5.45. The van der Waals surface area contributed by atoms with Crippen molar-refractivity contribution in [3.63, 3.8) is 0 Å². The number of rotatable bonds is 7. The standard InChI is InChI=1S/C14H17ClF3NO/c15-10-5-4-8-13(20)19(14(16,17)18)11-9-12-6-2-1-3-7-12/h1-3,6-7H,4-5,8-11H2. The van der Waals surface area contributed by atoms with E-state index in [0.29, 0.717) is 18.7 Å². The minimum absolute atomic E-state index is 0.00572. The van der Waals surface area contributed by atoms with Gasteiger partial charge in [0.15, 0.2) is 0 Å². The summed E-state index contributed by atoms with van der Waals surface area (Å²) in [6, 6.07) is 8.80. The Morgan fingerprint density at radius 2 is 1.80 bits per heavy atom. The summed E-state index contributed by atoms with van der Waals surface area (Å²) in [7, 11) is 0. The third kappa shape index (κ3) is 5.82. The normalized spacial score (nSPS) is 11.4. The lowest BCUT2D eigenvalue weighted by Crippen LogP contribution is -2.44. The average Bonchev–Trinajstić information content (AvgIpc) is 2.39. The van der Waals surface area contributed by atoms with E-state index in [-0.39, 0.29) is 24.3 Å². The summed E-state index contributed by atoms with van der Waals surface area (Å²) < 4.78 is 38.6. The molecule has 1 aromatic rings. The molecule has 1 rings (SSSR count). The molecule has 0 saturated heterocycles. The van der Waals surface area contributed by atoms with Gasteiger partial charge in [-0.3, -0.25) is 9.69 Å². The minimum atomic E-state index is -4.63.